The Morgan fingerprint density at radius 1 is 1.37 bits per heavy atom. The molecule has 0 spiro atoms. The summed E-state index contributed by atoms with van der Waals surface area (Å²) in [7, 11) is 0. The minimum atomic E-state index is 0.0557. The van der Waals surface area contributed by atoms with Crippen molar-refractivity contribution in [2.24, 2.45) is 11.7 Å². The zero-order chi connectivity index (χ0) is 13.8. The number of carbonyl (C=O) groups is 1. The third-order valence-corrected chi connectivity index (χ3v) is 4.05. The number of likely N-dealkylation sites (tertiary alicyclic amines) is 1. The van der Waals surface area contributed by atoms with E-state index in [1.54, 1.807) is 0 Å². The predicted molar refractivity (Wildman–Crippen MR) is 77.8 cm³/mol. The van der Waals surface area contributed by atoms with E-state index in [1.807, 2.05) is 30.0 Å². The molecule has 1 unspecified atom stereocenters. The number of nitrogens with two attached hydrogens (primary N) is 1. The molecule has 1 aliphatic rings. The minimum Gasteiger partial charge on any atom is -0.340 e. The molecule has 3 heteroatoms. The van der Waals surface area contributed by atoms with Crippen molar-refractivity contribution in [1.82, 2.24) is 4.90 Å². The molecule has 1 amide bonds. The molecule has 1 saturated heterocycles. The van der Waals surface area contributed by atoms with Gasteiger partial charge in [0.05, 0.1) is 0 Å². The second kappa shape index (κ2) is 6.20. The highest BCUT2D eigenvalue weighted by Gasteiger charge is 2.34. The van der Waals surface area contributed by atoms with Crippen LogP contribution in [0, 0.1) is 5.92 Å². The highest BCUT2D eigenvalue weighted by molar-refractivity contribution is 5.79. The van der Waals surface area contributed by atoms with Gasteiger partial charge in [0.15, 0.2) is 0 Å². The summed E-state index contributed by atoms with van der Waals surface area (Å²) in [4.78, 5) is 14.3. The molecule has 1 heterocycles. The van der Waals surface area contributed by atoms with Crippen LogP contribution in [0.2, 0.25) is 0 Å². The Hall–Kier alpha value is -1.35. The van der Waals surface area contributed by atoms with Crippen LogP contribution in [0.1, 0.15) is 38.2 Å². The molecule has 2 rings (SSSR count). The van der Waals surface area contributed by atoms with E-state index in [1.165, 1.54) is 5.56 Å². The minimum absolute atomic E-state index is 0.0557. The van der Waals surface area contributed by atoms with E-state index in [-0.39, 0.29) is 23.8 Å². The van der Waals surface area contributed by atoms with Crippen LogP contribution in [-0.2, 0) is 4.79 Å². The molecule has 3 atom stereocenters. The maximum absolute atomic E-state index is 12.3. The van der Waals surface area contributed by atoms with Crippen molar-refractivity contribution < 1.29 is 4.79 Å². The largest absolute Gasteiger partial charge is 0.340 e. The summed E-state index contributed by atoms with van der Waals surface area (Å²) < 4.78 is 0. The number of nitrogens with zero attached hydrogens (tertiary/aromatic N) is 1. The maximum Gasteiger partial charge on any atom is 0.225 e. The zero-order valence-corrected chi connectivity index (χ0v) is 11.9. The van der Waals surface area contributed by atoms with Crippen LogP contribution in [0.4, 0.5) is 0 Å². The lowest BCUT2D eigenvalue weighted by Gasteiger charge is -2.20. The Morgan fingerprint density at radius 3 is 2.68 bits per heavy atom. The van der Waals surface area contributed by atoms with E-state index in [0.717, 1.165) is 19.4 Å². The first-order valence-corrected chi connectivity index (χ1v) is 7.22. The summed E-state index contributed by atoms with van der Waals surface area (Å²) in [6.45, 7) is 5.59. The summed E-state index contributed by atoms with van der Waals surface area (Å²) >= 11 is 0. The standard InChI is InChI=1S/C16H24N2O/c1-3-7-12(2)16(19)18-10-14(15(17)11-18)13-8-5-4-6-9-13/h4-6,8-9,12,14-15H,3,7,10-11,17H2,1-2H3/t12?,14-,15+/m0/s1. The summed E-state index contributed by atoms with van der Waals surface area (Å²) in [5.41, 5.74) is 7.46. The van der Waals surface area contributed by atoms with Crippen LogP contribution in [0.25, 0.3) is 0 Å². The summed E-state index contributed by atoms with van der Waals surface area (Å²) in [6.07, 6.45) is 2.01. The van der Waals surface area contributed by atoms with Crippen LogP contribution < -0.4 is 5.73 Å². The lowest BCUT2D eigenvalue weighted by molar-refractivity contribution is -0.134. The van der Waals surface area contributed by atoms with Crippen LogP contribution in [0.15, 0.2) is 30.3 Å². The molecular formula is C16H24N2O. The van der Waals surface area contributed by atoms with Crippen LogP contribution >= 0.6 is 0 Å². The quantitative estimate of drug-likeness (QED) is 0.903. The second-order valence-corrected chi connectivity index (χ2v) is 5.61. The lowest BCUT2D eigenvalue weighted by atomic mass is 9.95. The first-order valence-electron chi connectivity index (χ1n) is 7.22. The number of amides is 1. The first-order chi connectivity index (χ1) is 9.13. The average Bonchev–Trinajstić information content (AvgIpc) is 2.81. The van der Waals surface area contributed by atoms with Gasteiger partial charge in [0.1, 0.15) is 0 Å². The molecule has 2 N–H and O–H groups in total. The van der Waals surface area contributed by atoms with Gasteiger partial charge in [-0.3, -0.25) is 4.79 Å². The fraction of sp³-hybridized carbons (Fsp3) is 0.562. The SMILES string of the molecule is CCCC(C)C(=O)N1C[C@@H](N)[C@H](c2ccccc2)C1. The van der Waals surface area contributed by atoms with E-state index in [4.69, 9.17) is 5.73 Å². The van der Waals surface area contributed by atoms with Gasteiger partial charge in [0.2, 0.25) is 5.91 Å². The zero-order valence-electron chi connectivity index (χ0n) is 11.9. The van der Waals surface area contributed by atoms with Crippen molar-refractivity contribution in [2.75, 3.05) is 13.1 Å². The molecule has 1 fully saturated rings. The fourth-order valence-electron chi connectivity index (χ4n) is 2.93. The lowest BCUT2D eigenvalue weighted by Crippen LogP contribution is -2.35. The Balaban J connectivity index is 2.03. The average molecular weight is 260 g/mol. The van der Waals surface area contributed by atoms with Crippen molar-refractivity contribution in [3.05, 3.63) is 35.9 Å². The van der Waals surface area contributed by atoms with Gasteiger partial charge >= 0.3 is 0 Å². The highest BCUT2D eigenvalue weighted by atomic mass is 16.2. The Labute approximate surface area is 115 Å². The van der Waals surface area contributed by atoms with E-state index in [9.17, 15) is 4.79 Å². The molecule has 3 nitrogen and oxygen atoms in total. The molecule has 0 aliphatic carbocycles. The fourth-order valence-corrected chi connectivity index (χ4v) is 2.93. The Kier molecular flexibility index (Phi) is 4.59. The Morgan fingerprint density at radius 2 is 2.05 bits per heavy atom. The Bertz CT molecular complexity index is 418. The first kappa shape index (κ1) is 14.1. The summed E-state index contributed by atoms with van der Waals surface area (Å²) in [5, 5.41) is 0. The van der Waals surface area contributed by atoms with Gasteiger partial charge in [-0.05, 0) is 12.0 Å². The van der Waals surface area contributed by atoms with Crippen molar-refractivity contribution in [2.45, 2.75) is 38.6 Å². The van der Waals surface area contributed by atoms with Gasteiger partial charge in [0.25, 0.3) is 0 Å². The third-order valence-electron chi connectivity index (χ3n) is 4.05. The molecule has 0 saturated carbocycles. The van der Waals surface area contributed by atoms with E-state index in [0.29, 0.717) is 6.54 Å². The topological polar surface area (TPSA) is 46.3 Å². The molecule has 1 aromatic carbocycles. The van der Waals surface area contributed by atoms with Gasteiger partial charge < -0.3 is 10.6 Å². The van der Waals surface area contributed by atoms with Gasteiger partial charge in [-0.15, -0.1) is 0 Å². The molecule has 104 valence electrons. The van der Waals surface area contributed by atoms with Crippen molar-refractivity contribution in [3.8, 4) is 0 Å². The van der Waals surface area contributed by atoms with Gasteiger partial charge in [-0.25, -0.2) is 0 Å². The van der Waals surface area contributed by atoms with E-state index >= 15 is 0 Å². The van der Waals surface area contributed by atoms with E-state index in [2.05, 4.69) is 19.1 Å². The maximum atomic E-state index is 12.3. The summed E-state index contributed by atoms with van der Waals surface area (Å²) in [6, 6.07) is 10.3. The number of hydrogen-bond donors (Lipinski definition) is 1. The number of carbonyl (C=O) groups excluding carboxylic acids is 1. The van der Waals surface area contributed by atoms with Crippen molar-refractivity contribution in [3.63, 3.8) is 0 Å². The van der Waals surface area contributed by atoms with Crippen LogP contribution in [0.3, 0.4) is 0 Å². The van der Waals surface area contributed by atoms with Crippen LogP contribution in [-0.4, -0.2) is 29.9 Å². The van der Waals surface area contributed by atoms with Crippen molar-refractivity contribution in [1.29, 1.82) is 0 Å². The molecule has 1 aromatic rings. The predicted octanol–water partition coefficient (Wildman–Crippen LogP) is 2.38. The van der Waals surface area contributed by atoms with Crippen LogP contribution in [0.5, 0.6) is 0 Å². The van der Waals surface area contributed by atoms with Gasteiger partial charge in [-0.1, -0.05) is 50.6 Å². The molecule has 0 radical (unpaired) electrons. The molecule has 1 aliphatic heterocycles. The molecular weight excluding hydrogens is 236 g/mol. The van der Waals surface area contributed by atoms with Gasteiger partial charge in [0, 0.05) is 31.0 Å². The van der Waals surface area contributed by atoms with E-state index < -0.39 is 0 Å². The molecule has 19 heavy (non-hydrogen) atoms. The molecule has 0 aromatic heterocycles. The molecule has 0 bridgehead atoms. The van der Waals surface area contributed by atoms with Crippen molar-refractivity contribution >= 4 is 5.91 Å². The number of hydrogen-bond acceptors (Lipinski definition) is 2. The monoisotopic (exact) mass is 260 g/mol. The highest BCUT2D eigenvalue weighted by Crippen LogP contribution is 2.27. The second-order valence-electron chi connectivity index (χ2n) is 5.61. The third kappa shape index (κ3) is 3.16. The smallest absolute Gasteiger partial charge is 0.225 e. The van der Waals surface area contributed by atoms with Gasteiger partial charge in [-0.2, -0.15) is 0 Å². The number of rotatable bonds is 4. The summed E-state index contributed by atoms with van der Waals surface area (Å²) in [5.74, 6) is 0.654. The number of benzene rings is 1. The normalized spacial score (nSPS) is 24.5.